The van der Waals surface area contributed by atoms with Crippen molar-refractivity contribution in [2.24, 2.45) is 5.73 Å². The van der Waals surface area contributed by atoms with E-state index in [9.17, 15) is 5.11 Å². The molecule has 0 aliphatic heterocycles. The SMILES string of the molecule is CC(C)(C)c1cc(O)c(CN)c(Br)c1. The van der Waals surface area contributed by atoms with E-state index in [1.54, 1.807) is 6.07 Å². The summed E-state index contributed by atoms with van der Waals surface area (Å²) in [5.41, 5.74) is 7.41. The number of halogens is 1. The molecule has 78 valence electrons. The van der Waals surface area contributed by atoms with Crippen molar-refractivity contribution in [2.45, 2.75) is 32.7 Å². The van der Waals surface area contributed by atoms with Crippen molar-refractivity contribution < 1.29 is 5.11 Å². The predicted molar refractivity (Wildman–Crippen MR) is 62.4 cm³/mol. The van der Waals surface area contributed by atoms with Gasteiger partial charge in [-0.2, -0.15) is 0 Å². The zero-order chi connectivity index (χ0) is 10.9. The van der Waals surface area contributed by atoms with Gasteiger partial charge in [-0.15, -0.1) is 0 Å². The predicted octanol–water partition coefficient (Wildman–Crippen LogP) is 2.91. The third-order valence-corrected chi connectivity index (χ3v) is 2.95. The Kier molecular flexibility index (Phi) is 3.22. The van der Waals surface area contributed by atoms with Crippen LogP contribution in [0.1, 0.15) is 31.9 Å². The quantitative estimate of drug-likeness (QED) is 0.813. The van der Waals surface area contributed by atoms with E-state index in [1.807, 2.05) is 6.07 Å². The molecule has 2 nitrogen and oxygen atoms in total. The molecule has 0 aromatic heterocycles. The Labute approximate surface area is 93.3 Å². The van der Waals surface area contributed by atoms with Gasteiger partial charge in [0.05, 0.1) is 0 Å². The highest BCUT2D eigenvalue weighted by Gasteiger charge is 2.17. The zero-order valence-corrected chi connectivity index (χ0v) is 10.4. The van der Waals surface area contributed by atoms with Gasteiger partial charge in [0.2, 0.25) is 0 Å². The van der Waals surface area contributed by atoms with Gasteiger partial charge in [0, 0.05) is 16.6 Å². The summed E-state index contributed by atoms with van der Waals surface area (Å²) in [6.45, 7) is 6.67. The fourth-order valence-corrected chi connectivity index (χ4v) is 1.87. The number of hydrogen-bond acceptors (Lipinski definition) is 2. The summed E-state index contributed by atoms with van der Waals surface area (Å²) in [6, 6.07) is 3.80. The molecular weight excluding hydrogens is 242 g/mol. The van der Waals surface area contributed by atoms with Gasteiger partial charge in [-0.25, -0.2) is 0 Å². The van der Waals surface area contributed by atoms with Crippen molar-refractivity contribution in [2.75, 3.05) is 0 Å². The highest BCUT2D eigenvalue weighted by atomic mass is 79.9. The normalized spacial score (nSPS) is 11.8. The van der Waals surface area contributed by atoms with Gasteiger partial charge >= 0.3 is 0 Å². The van der Waals surface area contributed by atoms with E-state index >= 15 is 0 Å². The van der Waals surface area contributed by atoms with E-state index in [1.165, 1.54) is 0 Å². The summed E-state index contributed by atoms with van der Waals surface area (Å²) < 4.78 is 0.880. The number of aromatic hydroxyl groups is 1. The molecule has 0 bridgehead atoms. The van der Waals surface area contributed by atoms with E-state index in [4.69, 9.17) is 5.73 Å². The Balaban J connectivity index is 3.28. The average Bonchev–Trinajstić information content (AvgIpc) is 2.01. The van der Waals surface area contributed by atoms with Gasteiger partial charge in [-0.1, -0.05) is 36.7 Å². The van der Waals surface area contributed by atoms with Crippen LogP contribution in [0.3, 0.4) is 0 Å². The second kappa shape index (κ2) is 3.91. The number of rotatable bonds is 1. The topological polar surface area (TPSA) is 46.2 Å². The fourth-order valence-electron chi connectivity index (χ4n) is 1.26. The lowest BCUT2D eigenvalue weighted by Crippen LogP contribution is -2.11. The lowest BCUT2D eigenvalue weighted by atomic mass is 9.86. The van der Waals surface area contributed by atoms with Crippen LogP contribution in [0.2, 0.25) is 0 Å². The second-order valence-corrected chi connectivity index (χ2v) is 5.26. The first kappa shape index (κ1) is 11.5. The van der Waals surface area contributed by atoms with E-state index in [-0.39, 0.29) is 11.2 Å². The molecule has 1 aromatic carbocycles. The van der Waals surface area contributed by atoms with Crippen molar-refractivity contribution in [3.63, 3.8) is 0 Å². The molecule has 0 unspecified atom stereocenters. The minimum absolute atomic E-state index is 0.0348. The summed E-state index contributed by atoms with van der Waals surface area (Å²) in [5.74, 6) is 0.270. The second-order valence-electron chi connectivity index (χ2n) is 4.41. The first-order valence-electron chi connectivity index (χ1n) is 4.58. The minimum atomic E-state index is 0.0348. The smallest absolute Gasteiger partial charge is 0.121 e. The molecule has 0 aliphatic carbocycles. The average molecular weight is 258 g/mol. The Hall–Kier alpha value is -0.540. The molecule has 0 saturated carbocycles. The molecule has 0 spiro atoms. The Bertz CT molecular complexity index is 319. The Morgan fingerprint density at radius 1 is 1.36 bits per heavy atom. The zero-order valence-electron chi connectivity index (χ0n) is 8.76. The van der Waals surface area contributed by atoms with Crippen LogP contribution in [-0.4, -0.2) is 5.11 Å². The van der Waals surface area contributed by atoms with Gasteiger partial charge in [0.15, 0.2) is 0 Å². The van der Waals surface area contributed by atoms with Gasteiger partial charge in [-0.3, -0.25) is 0 Å². The van der Waals surface area contributed by atoms with Crippen LogP contribution in [0.15, 0.2) is 16.6 Å². The molecular formula is C11H16BrNO. The first-order chi connectivity index (χ1) is 6.36. The molecule has 0 atom stereocenters. The number of benzene rings is 1. The molecule has 0 radical (unpaired) electrons. The molecule has 1 rings (SSSR count). The van der Waals surface area contributed by atoms with Gasteiger partial charge in [0.1, 0.15) is 5.75 Å². The van der Waals surface area contributed by atoms with Crippen molar-refractivity contribution >= 4 is 15.9 Å². The van der Waals surface area contributed by atoms with E-state index in [0.717, 1.165) is 15.6 Å². The fraction of sp³-hybridized carbons (Fsp3) is 0.455. The number of hydrogen-bond donors (Lipinski definition) is 2. The molecule has 0 amide bonds. The van der Waals surface area contributed by atoms with Crippen LogP contribution in [0.5, 0.6) is 5.75 Å². The summed E-state index contributed by atoms with van der Waals surface area (Å²) in [5, 5.41) is 9.73. The lowest BCUT2D eigenvalue weighted by Gasteiger charge is -2.20. The van der Waals surface area contributed by atoms with Crippen LogP contribution >= 0.6 is 15.9 Å². The third-order valence-electron chi connectivity index (χ3n) is 2.24. The molecule has 0 fully saturated rings. The van der Waals surface area contributed by atoms with Crippen LogP contribution in [-0.2, 0) is 12.0 Å². The van der Waals surface area contributed by atoms with Crippen LogP contribution < -0.4 is 5.73 Å². The largest absolute Gasteiger partial charge is 0.508 e. The summed E-state index contributed by atoms with van der Waals surface area (Å²) in [6.07, 6.45) is 0. The van der Waals surface area contributed by atoms with Gasteiger partial charge in [0.25, 0.3) is 0 Å². The van der Waals surface area contributed by atoms with Crippen molar-refractivity contribution in [3.05, 3.63) is 27.7 Å². The molecule has 14 heavy (non-hydrogen) atoms. The first-order valence-corrected chi connectivity index (χ1v) is 5.37. The molecule has 3 heteroatoms. The van der Waals surface area contributed by atoms with Crippen molar-refractivity contribution in [1.82, 2.24) is 0 Å². The highest BCUT2D eigenvalue weighted by Crippen LogP contribution is 2.33. The molecule has 0 heterocycles. The molecule has 0 aliphatic rings. The van der Waals surface area contributed by atoms with Crippen LogP contribution in [0.4, 0.5) is 0 Å². The standard InChI is InChI=1S/C11H16BrNO/c1-11(2,3)7-4-9(12)8(6-13)10(14)5-7/h4-5,14H,6,13H2,1-3H3. The van der Waals surface area contributed by atoms with Gasteiger partial charge < -0.3 is 10.8 Å². The lowest BCUT2D eigenvalue weighted by molar-refractivity contribution is 0.463. The minimum Gasteiger partial charge on any atom is -0.508 e. The van der Waals surface area contributed by atoms with E-state index < -0.39 is 0 Å². The van der Waals surface area contributed by atoms with Crippen LogP contribution in [0.25, 0.3) is 0 Å². The molecule has 3 N–H and O–H groups in total. The summed E-state index contributed by atoms with van der Waals surface area (Å²) >= 11 is 3.41. The van der Waals surface area contributed by atoms with Gasteiger partial charge in [-0.05, 0) is 23.1 Å². The third kappa shape index (κ3) is 2.28. The Morgan fingerprint density at radius 3 is 2.29 bits per heavy atom. The van der Waals surface area contributed by atoms with E-state index in [2.05, 4.69) is 36.7 Å². The van der Waals surface area contributed by atoms with E-state index in [0.29, 0.717) is 6.54 Å². The summed E-state index contributed by atoms with van der Waals surface area (Å²) in [7, 11) is 0. The maximum Gasteiger partial charge on any atom is 0.121 e. The number of nitrogens with two attached hydrogens (primary N) is 1. The van der Waals surface area contributed by atoms with Crippen molar-refractivity contribution in [1.29, 1.82) is 0 Å². The number of phenolic OH excluding ortho intramolecular Hbond substituents is 1. The molecule has 1 aromatic rings. The van der Waals surface area contributed by atoms with Crippen molar-refractivity contribution in [3.8, 4) is 5.75 Å². The number of phenols is 1. The highest BCUT2D eigenvalue weighted by molar-refractivity contribution is 9.10. The van der Waals surface area contributed by atoms with Crippen LogP contribution in [0, 0.1) is 0 Å². The summed E-state index contributed by atoms with van der Waals surface area (Å²) in [4.78, 5) is 0. The molecule has 0 saturated heterocycles. The monoisotopic (exact) mass is 257 g/mol. The maximum atomic E-state index is 9.73. The Morgan fingerprint density at radius 2 is 1.93 bits per heavy atom. The maximum absolute atomic E-state index is 9.73.